The van der Waals surface area contributed by atoms with Crippen molar-refractivity contribution >= 4 is 23.4 Å². The summed E-state index contributed by atoms with van der Waals surface area (Å²) in [6, 6.07) is 13.7. The normalized spacial score (nSPS) is 18.1. The summed E-state index contributed by atoms with van der Waals surface area (Å²) in [5.41, 5.74) is 3.09. The Kier molecular flexibility index (Phi) is 2.87. The molecule has 2 aromatic rings. The monoisotopic (exact) mass is 262 g/mol. The molecule has 1 aliphatic heterocycles. The van der Waals surface area contributed by atoms with Crippen LogP contribution in [0.25, 0.3) is 0 Å². The summed E-state index contributed by atoms with van der Waals surface area (Å²) in [6.07, 6.45) is -0.574. The van der Waals surface area contributed by atoms with Gasteiger partial charge in [-0.15, -0.1) is 11.8 Å². The van der Waals surface area contributed by atoms with Gasteiger partial charge in [-0.1, -0.05) is 35.9 Å². The quantitative estimate of drug-likeness (QED) is 0.774. The number of fused-ring (bicyclic) bond motifs is 2. The van der Waals surface area contributed by atoms with Gasteiger partial charge >= 0.3 is 0 Å². The van der Waals surface area contributed by atoms with Crippen LogP contribution in [-0.2, 0) is 5.75 Å². The number of aliphatic hydroxyl groups excluding tert-OH is 1. The van der Waals surface area contributed by atoms with Crippen LogP contribution in [0.2, 0.25) is 5.02 Å². The first-order chi connectivity index (χ1) is 8.25. The summed E-state index contributed by atoms with van der Waals surface area (Å²) in [5, 5.41) is 11.1. The van der Waals surface area contributed by atoms with Gasteiger partial charge in [0.2, 0.25) is 0 Å². The minimum absolute atomic E-state index is 0.574. The topological polar surface area (TPSA) is 20.2 Å². The Morgan fingerprint density at radius 2 is 1.94 bits per heavy atom. The first-order valence-electron chi connectivity index (χ1n) is 5.44. The van der Waals surface area contributed by atoms with Crippen molar-refractivity contribution in [2.75, 3.05) is 0 Å². The van der Waals surface area contributed by atoms with E-state index < -0.39 is 6.10 Å². The Bertz CT molecular complexity index is 568. The van der Waals surface area contributed by atoms with Gasteiger partial charge < -0.3 is 5.11 Å². The van der Waals surface area contributed by atoms with E-state index in [4.69, 9.17) is 11.6 Å². The maximum atomic E-state index is 10.4. The zero-order valence-corrected chi connectivity index (χ0v) is 10.6. The number of thioether (sulfide) groups is 1. The fourth-order valence-corrected chi connectivity index (χ4v) is 3.38. The second kappa shape index (κ2) is 4.37. The largest absolute Gasteiger partial charge is 0.384 e. The molecule has 0 aliphatic carbocycles. The summed E-state index contributed by atoms with van der Waals surface area (Å²) < 4.78 is 0. The molecular formula is C14H11ClOS. The van der Waals surface area contributed by atoms with Crippen molar-refractivity contribution in [2.24, 2.45) is 0 Å². The molecule has 0 fully saturated rings. The van der Waals surface area contributed by atoms with Crippen molar-refractivity contribution in [3.05, 3.63) is 64.2 Å². The van der Waals surface area contributed by atoms with E-state index in [1.807, 2.05) is 36.4 Å². The molecular weight excluding hydrogens is 252 g/mol. The zero-order valence-electron chi connectivity index (χ0n) is 9.06. The molecule has 0 saturated heterocycles. The van der Waals surface area contributed by atoms with Crippen molar-refractivity contribution in [2.45, 2.75) is 16.8 Å². The highest BCUT2D eigenvalue weighted by Crippen LogP contribution is 2.40. The van der Waals surface area contributed by atoms with Crippen molar-refractivity contribution < 1.29 is 5.11 Å². The second-order valence-electron chi connectivity index (χ2n) is 4.07. The third-order valence-corrected chi connectivity index (χ3v) is 4.37. The summed E-state index contributed by atoms with van der Waals surface area (Å²) in [7, 11) is 0. The van der Waals surface area contributed by atoms with Gasteiger partial charge in [0.15, 0.2) is 0 Å². The molecule has 86 valence electrons. The fourth-order valence-electron chi connectivity index (χ4n) is 2.12. The number of halogens is 1. The van der Waals surface area contributed by atoms with Crippen molar-refractivity contribution in [1.82, 2.24) is 0 Å². The van der Waals surface area contributed by atoms with E-state index in [0.717, 1.165) is 21.8 Å². The Hall–Kier alpha value is -0.960. The first-order valence-corrected chi connectivity index (χ1v) is 6.80. The molecule has 0 unspecified atom stereocenters. The van der Waals surface area contributed by atoms with E-state index in [9.17, 15) is 5.11 Å². The number of aliphatic hydroxyl groups is 1. The fraction of sp³-hybridized carbons (Fsp3) is 0.143. The second-order valence-corrected chi connectivity index (χ2v) is 5.53. The Morgan fingerprint density at radius 3 is 2.82 bits per heavy atom. The molecule has 1 N–H and O–H groups in total. The summed E-state index contributed by atoms with van der Waals surface area (Å²) >= 11 is 7.75. The predicted octanol–water partition coefficient (Wildman–Crippen LogP) is 4.03. The van der Waals surface area contributed by atoms with Gasteiger partial charge in [-0.25, -0.2) is 0 Å². The molecule has 3 heteroatoms. The number of rotatable bonds is 0. The van der Waals surface area contributed by atoms with E-state index in [1.54, 1.807) is 11.8 Å². The molecule has 0 bridgehead atoms. The van der Waals surface area contributed by atoms with Gasteiger partial charge in [0, 0.05) is 21.2 Å². The van der Waals surface area contributed by atoms with Crippen LogP contribution in [0.5, 0.6) is 0 Å². The van der Waals surface area contributed by atoms with Crippen molar-refractivity contribution in [1.29, 1.82) is 0 Å². The molecule has 1 nitrogen and oxygen atoms in total. The average molecular weight is 263 g/mol. The lowest BCUT2D eigenvalue weighted by atomic mass is 9.98. The molecule has 0 radical (unpaired) electrons. The van der Waals surface area contributed by atoms with Crippen LogP contribution in [0.15, 0.2) is 47.4 Å². The van der Waals surface area contributed by atoms with Gasteiger partial charge in [-0.05, 0) is 29.3 Å². The lowest BCUT2D eigenvalue weighted by Gasteiger charge is -2.13. The van der Waals surface area contributed by atoms with E-state index >= 15 is 0 Å². The van der Waals surface area contributed by atoms with E-state index in [0.29, 0.717) is 5.02 Å². The maximum absolute atomic E-state index is 10.4. The number of hydrogen-bond donors (Lipinski definition) is 1. The SMILES string of the molecule is O[C@H]1c2ccccc2CSc2ccc(Cl)cc21. The van der Waals surface area contributed by atoms with Crippen LogP contribution < -0.4 is 0 Å². The van der Waals surface area contributed by atoms with Crippen LogP contribution >= 0.6 is 23.4 Å². The van der Waals surface area contributed by atoms with Crippen LogP contribution in [-0.4, -0.2) is 5.11 Å². The van der Waals surface area contributed by atoms with Crippen LogP contribution in [0.3, 0.4) is 0 Å². The first kappa shape index (κ1) is 11.1. The third-order valence-electron chi connectivity index (χ3n) is 3.00. The Labute approximate surface area is 109 Å². The zero-order chi connectivity index (χ0) is 11.8. The highest BCUT2D eigenvalue weighted by atomic mass is 35.5. The van der Waals surface area contributed by atoms with E-state index in [2.05, 4.69) is 6.07 Å². The molecule has 1 aliphatic rings. The number of benzene rings is 2. The highest BCUT2D eigenvalue weighted by molar-refractivity contribution is 7.98. The summed E-state index contributed by atoms with van der Waals surface area (Å²) in [4.78, 5) is 1.11. The molecule has 3 rings (SSSR count). The molecule has 17 heavy (non-hydrogen) atoms. The van der Waals surface area contributed by atoms with Crippen LogP contribution in [0.4, 0.5) is 0 Å². The number of hydrogen-bond acceptors (Lipinski definition) is 2. The molecule has 2 aromatic carbocycles. The van der Waals surface area contributed by atoms with E-state index in [1.165, 1.54) is 5.56 Å². The van der Waals surface area contributed by atoms with Gasteiger partial charge in [-0.3, -0.25) is 0 Å². The minimum atomic E-state index is -0.574. The minimum Gasteiger partial charge on any atom is -0.384 e. The smallest absolute Gasteiger partial charge is 0.105 e. The lowest BCUT2D eigenvalue weighted by molar-refractivity contribution is 0.217. The highest BCUT2D eigenvalue weighted by Gasteiger charge is 2.21. The lowest BCUT2D eigenvalue weighted by Crippen LogP contribution is -2.01. The molecule has 1 heterocycles. The van der Waals surface area contributed by atoms with Crippen molar-refractivity contribution in [3.8, 4) is 0 Å². The molecule has 0 spiro atoms. The Balaban J connectivity index is 2.18. The van der Waals surface area contributed by atoms with Crippen LogP contribution in [0.1, 0.15) is 22.8 Å². The standard InChI is InChI=1S/C14H11ClOS/c15-10-5-6-13-12(7-10)14(16)11-4-2-1-3-9(11)8-17-13/h1-7,14,16H,8H2/t14-/m0/s1. The van der Waals surface area contributed by atoms with Crippen molar-refractivity contribution in [3.63, 3.8) is 0 Å². The van der Waals surface area contributed by atoms with Gasteiger partial charge in [0.25, 0.3) is 0 Å². The molecule has 1 atom stereocenters. The Morgan fingerprint density at radius 1 is 1.12 bits per heavy atom. The summed E-state index contributed by atoms with van der Waals surface area (Å²) in [5.74, 6) is 0.891. The van der Waals surface area contributed by atoms with Gasteiger partial charge in [0.1, 0.15) is 6.10 Å². The van der Waals surface area contributed by atoms with E-state index in [-0.39, 0.29) is 0 Å². The third kappa shape index (κ3) is 1.97. The molecule has 0 amide bonds. The van der Waals surface area contributed by atoms with Crippen LogP contribution in [0, 0.1) is 0 Å². The van der Waals surface area contributed by atoms with Gasteiger partial charge in [0.05, 0.1) is 0 Å². The molecule has 0 aromatic heterocycles. The summed E-state index contributed by atoms with van der Waals surface area (Å²) in [6.45, 7) is 0. The molecule has 0 saturated carbocycles. The predicted molar refractivity (Wildman–Crippen MR) is 71.5 cm³/mol. The maximum Gasteiger partial charge on any atom is 0.105 e. The average Bonchev–Trinajstić information content (AvgIpc) is 2.49. The van der Waals surface area contributed by atoms with Gasteiger partial charge in [-0.2, -0.15) is 0 Å².